The molecule has 0 bridgehead atoms. The van der Waals surface area contributed by atoms with Gasteiger partial charge in [-0.15, -0.1) is 0 Å². The van der Waals surface area contributed by atoms with Crippen LogP contribution in [0.3, 0.4) is 0 Å². The predicted octanol–water partition coefficient (Wildman–Crippen LogP) is -15.5. The number of hydrogen-bond acceptors (Lipinski definition) is 5. The summed E-state index contributed by atoms with van der Waals surface area (Å²) in [5, 5.41) is 0. The lowest BCUT2D eigenvalue weighted by atomic mass is 8.24. The van der Waals surface area contributed by atoms with Gasteiger partial charge in [-0.05, 0) is 37.1 Å². The number of hydrogen-bond donors (Lipinski definition) is 0. The summed E-state index contributed by atoms with van der Waals surface area (Å²) in [6, 6.07) is 12.2. The van der Waals surface area contributed by atoms with E-state index in [4.69, 9.17) is 215 Å². The Balaban J connectivity index is 0.000000477. The van der Waals surface area contributed by atoms with Crippen LogP contribution in [-0.4, -0.2) is 393 Å². The van der Waals surface area contributed by atoms with Crippen LogP contribution in [0.5, 0.6) is 17.2 Å². The molecule has 0 aliphatic carbocycles. The molecule has 4 rings (SSSR count). The largest absolute Gasteiger partial charge is 0.492 e. The van der Waals surface area contributed by atoms with E-state index < -0.39 is 153 Å². The first-order valence-electron chi connectivity index (χ1n) is 25.8. The Morgan fingerprint density at radius 3 is 1.19 bits per heavy atom. The average Bonchev–Trinajstić information content (AvgIpc) is 3.77. The molecule has 0 saturated heterocycles. The highest BCUT2D eigenvalue weighted by molar-refractivity contribution is 8.35. The standard InChI is InChI=1S/C22H25NO4.B50/c1-23-11-10-16-12-19-21(27-14-26-19)22(25-2)20(16)18(23)13-17(24)9-8-15-6-4-3-5-7-15;1-27(2)40(28(3)4)46(39(25)26)49(45(37(21)22)38(23)24)50(47(41(29(5)6)30(7)8)42(31(9)10)32(11)12)48(43(33(13)14)34(15)16)44(35(17)18)36(19)20/h3-7,12,18H,8-11,13-14H2,1-2H3;. The second kappa shape index (κ2) is 33.4. The van der Waals surface area contributed by atoms with E-state index in [1.165, 1.54) is 11.1 Å². The number of ether oxygens (including phenoxy) is 3. The van der Waals surface area contributed by atoms with Crippen LogP contribution in [0.15, 0.2) is 36.4 Å². The molecule has 2 aliphatic heterocycles. The topological polar surface area (TPSA) is 48.0 Å². The summed E-state index contributed by atoms with van der Waals surface area (Å²) in [6.45, 7) is 1.12. The Morgan fingerprint density at radius 2 is 0.844 bits per heavy atom. The lowest BCUT2D eigenvalue weighted by molar-refractivity contribution is -0.120. The molecule has 0 saturated carbocycles. The third kappa shape index (κ3) is 18.9. The number of fused-ring (bicyclic) bond motifs is 2. The number of carbonyl (C=O) groups is 1. The van der Waals surface area contributed by atoms with Crippen LogP contribution < -0.4 is 14.2 Å². The fourth-order valence-electron chi connectivity index (χ4n) is 12.5. The molecule has 5 nitrogen and oxygen atoms in total. The van der Waals surface area contributed by atoms with E-state index in [-0.39, 0.29) is 18.6 Å². The Bertz CT molecular complexity index is 1920. The van der Waals surface area contributed by atoms with Crippen LogP contribution in [0, 0.1) is 0 Å². The molecular weight excluding hydrogens is 883 g/mol. The van der Waals surface area contributed by atoms with Gasteiger partial charge in [-0.3, -0.25) is 9.69 Å². The van der Waals surface area contributed by atoms with Crippen molar-refractivity contribution in [1.29, 1.82) is 0 Å². The Kier molecular flexibility index (Phi) is 31.2. The zero-order chi connectivity index (χ0) is 58.7. The van der Waals surface area contributed by atoms with Gasteiger partial charge in [0.25, 0.3) is 0 Å². The summed E-state index contributed by atoms with van der Waals surface area (Å²) in [6.07, 6.45) is -28.3. The highest BCUT2D eigenvalue weighted by Crippen LogP contribution is 2.50. The molecule has 2 aliphatic rings. The van der Waals surface area contributed by atoms with E-state index >= 15 is 0 Å². The van der Waals surface area contributed by atoms with Gasteiger partial charge in [0.05, 0.1) is 7.11 Å². The third-order valence-electron chi connectivity index (χ3n) is 15.7. The smallest absolute Gasteiger partial charge is 0.231 e. The highest BCUT2D eigenvalue weighted by atomic mass is 16.7. The molecule has 0 spiro atoms. The zero-order valence-electron chi connectivity index (χ0n) is 44.7. The number of rotatable bonds is 29. The first-order valence-corrected chi connectivity index (χ1v) is 25.8. The van der Waals surface area contributed by atoms with Gasteiger partial charge in [0.15, 0.2) is 11.5 Å². The zero-order valence-corrected chi connectivity index (χ0v) is 44.7. The van der Waals surface area contributed by atoms with Crippen LogP contribution >= 0.6 is 0 Å². The number of Topliss-reactive ketones (excluding diaryl/α,β-unsaturated/α-hetero) is 1. The fraction of sp³-hybridized carbons (Fsp3) is 0.409. The minimum atomic E-state index is -1.39. The normalized spacial score (nSPS) is 12.7. The Hall–Kier alpha value is 0.717. The van der Waals surface area contributed by atoms with Crippen molar-refractivity contribution >= 4 is 360 Å². The minimum absolute atomic E-state index is 0.00136. The van der Waals surface area contributed by atoms with E-state index in [0.29, 0.717) is 24.3 Å². The minimum Gasteiger partial charge on any atom is -0.492 e. The second-order valence-corrected chi connectivity index (χ2v) is 21.0. The average molecular weight is 908 g/mol. The number of nitrogens with zero attached hydrogens (tertiary/aromatic N) is 1. The molecule has 77 heavy (non-hydrogen) atoms. The number of benzene rings is 2. The summed E-state index contributed by atoms with van der Waals surface area (Å²) in [5.74, 6) is 2.38. The monoisotopic (exact) mass is 918 g/mol. The SMILES string of the molecule is COc1c2c(cc3c1C(CC(=O)CCc1ccccc1)N(C)CC3)OCO2.[B]B([B])B(B([B])[B])B(B([B])[B])B(B(B([B])[B])B([B])[B])B(B(B(B([B])[B])B([B])[B])B(B([B])[B])B([B])[B])B(B(B([B])[B])B([B])[B])B(B([B])[B])B([B])[B]. The molecule has 1 unspecified atom stereocenters. The summed E-state index contributed by atoms with van der Waals surface area (Å²) in [5.41, 5.74) is 3.46. The number of carbonyl (C=O) groups excluding carboxylic acids is 1. The number of likely N-dealkylation sites (N-methyl/N-ethyl adjacent to an activating group) is 1. The maximum Gasteiger partial charge on any atom is 0.231 e. The second-order valence-electron chi connectivity index (χ2n) is 21.0. The van der Waals surface area contributed by atoms with Crippen molar-refractivity contribution in [3.63, 3.8) is 0 Å². The van der Waals surface area contributed by atoms with Crippen LogP contribution in [0.4, 0.5) is 0 Å². The molecule has 0 fully saturated rings. The van der Waals surface area contributed by atoms with Gasteiger partial charge in [-0.25, -0.2) is 0 Å². The van der Waals surface area contributed by atoms with Gasteiger partial charge in [-0.1, -0.05) is 30.3 Å². The number of methoxy groups -OCH3 is 1. The number of ketones is 1. The van der Waals surface area contributed by atoms with Gasteiger partial charge in [0, 0.05) is 385 Å². The highest BCUT2D eigenvalue weighted by Gasteiger charge is 2.60. The summed E-state index contributed by atoms with van der Waals surface area (Å²) >= 11 is 0. The molecule has 2 aromatic rings. The summed E-state index contributed by atoms with van der Waals surface area (Å²) < 4.78 is 16.9. The summed E-state index contributed by atoms with van der Waals surface area (Å²) in [4.78, 5) is 15.0. The van der Waals surface area contributed by atoms with Crippen LogP contribution in [-0.2, 0) is 17.6 Å². The van der Waals surface area contributed by atoms with Crippen molar-refractivity contribution in [2.75, 3.05) is 27.5 Å². The van der Waals surface area contributed by atoms with Crippen LogP contribution in [0.1, 0.15) is 35.6 Å². The van der Waals surface area contributed by atoms with Gasteiger partial charge >= 0.3 is 0 Å². The van der Waals surface area contributed by atoms with E-state index in [0.717, 1.165) is 30.7 Å². The van der Waals surface area contributed by atoms with Gasteiger partial charge in [0.1, 0.15) is 5.78 Å². The molecule has 0 N–H and O–H groups in total. The molecule has 0 amide bonds. The van der Waals surface area contributed by atoms with Crippen molar-refractivity contribution in [2.45, 2.75) is 31.7 Å². The molecular formula is C22H25B50NO4. The van der Waals surface area contributed by atoms with Gasteiger partial charge in [-0.2, -0.15) is 0 Å². The van der Waals surface area contributed by atoms with Crippen LogP contribution in [0.2, 0.25) is 0 Å². The maximum absolute atomic E-state index is 12.7. The molecule has 55 heteroatoms. The molecule has 292 valence electrons. The maximum atomic E-state index is 12.7. The van der Waals surface area contributed by atoms with Gasteiger partial charge in [0.2, 0.25) is 12.5 Å². The first kappa shape index (κ1) is 72.0. The molecule has 52 radical (unpaired) electrons. The van der Waals surface area contributed by atoms with Gasteiger partial charge < -0.3 is 14.2 Å². The van der Waals surface area contributed by atoms with Crippen molar-refractivity contribution in [2.24, 2.45) is 0 Å². The molecule has 2 heterocycles. The van der Waals surface area contributed by atoms with Crippen molar-refractivity contribution in [3.8, 4) is 17.2 Å². The molecule has 2 aromatic carbocycles. The lowest BCUT2D eigenvalue weighted by Crippen LogP contribution is -2.95. The Labute approximate surface area is 509 Å². The van der Waals surface area contributed by atoms with E-state index in [2.05, 4.69) is 30.1 Å². The lowest BCUT2D eigenvalue weighted by Gasteiger charge is -2.57. The van der Waals surface area contributed by atoms with Crippen molar-refractivity contribution < 1.29 is 19.0 Å². The molecule has 0 aromatic heterocycles. The number of aryl methyl sites for hydroxylation is 1. The van der Waals surface area contributed by atoms with Crippen molar-refractivity contribution in [1.82, 2.24) is 4.90 Å². The van der Waals surface area contributed by atoms with E-state index in [1.54, 1.807) is 7.11 Å². The molecule has 1 atom stereocenters. The first-order chi connectivity index (χ1) is 35.8. The fourth-order valence-corrected chi connectivity index (χ4v) is 12.5. The third-order valence-corrected chi connectivity index (χ3v) is 15.7. The van der Waals surface area contributed by atoms with Crippen molar-refractivity contribution in [3.05, 3.63) is 53.1 Å². The quantitative estimate of drug-likeness (QED) is 0.0761. The van der Waals surface area contributed by atoms with E-state index in [9.17, 15) is 4.79 Å². The Morgan fingerprint density at radius 1 is 0.506 bits per heavy atom. The predicted molar refractivity (Wildman–Crippen MR) is 390 cm³/mol. The summed E-state index contributed by atoms with van der Waals surface area (Å²) in [7, 11) is 171. The van der Waals surface area contributed by atoms with E-state index in [1.807, 2.05) is 18.2 Å². The van der Waals surface area contributed by atoms with Crippen LogP contribution in [0.25, 0.3) is 0 Å².